The summed E-state index contributed by atoms with van der Waals surface area (Å²) in [7, 11) is 1.71. The second kappa shape index (κ2) is 10.5. The average molecular weight is 523 g/mol. The summed E-state index contributed by atoms with van der Waals surface area (Å²) in [5.41, 5.74) is 1.70. The largest absolute Gasteiger partial charge is 0.454 e. The zero-order valence-corrected chi connectivity index (χ0v) is 20.1. The van der Waals surface area contributed by atoms with Crippen molar-refractivity contribution >= 4 is 28.9 Å². The van der Waals surface area contributed by atoms with Gasteiger partial charge in [-0.2, -0.15) is 0 Å². The number of pyridine rings is 1. The number of rotatable bonds is 8. The highest BCUT2D eigenvalue weighted by molar-refractivity contribution is 6.35. The molecule has 2 aromatic carbocycles. The molecule has 0 aliphatic rings. The number of tetrazole rings is 1. The van der Waals surface area contributed by atoms with Crippen molar-refractivity contribution in [2.45, 2.75) is 6.61 Å². The van der Waals surface area contributed by atoms with Gasteiger partial charge >= 0.3 is 0 Å². The number of halogens is 2. The summed E-state index contributed by atoms with van der Waals surface area (Å²) < 4.78 is 12.9. The molecule has 3 heterocycles. The van der Waals surface area contributed by atoms with Gasteiger partial charge in [-0.3, -0.25) is 0 Å². The molecule has 0 radical (unpaired) electrons. The Morgan fingerprint density at radius 2 is 1.89 bits per heavy atom. The van der Waals surface area contributed by atoms with E-state index >= 15 is 0 Å². The standard InChI is InChI=1S/C23H16Cl2N8O3/c1-33-22(28-31-32-33)21(14-5-3-2-4-6-14)30-34-13-20-27-29-23(36-20)18-9-8-16(12-26-18)35-19-10-7-15(24)11-17(19)25/h2-12H,13H2,1H3/b30-21-. The van der Waals surface area contributed by atoms with Crippen LogP contribution in [-0.2, 0) is 18.5 Å². The van der Waals surface area contributed by atoms with E-state index in [0.29, 0.717) is 38.8 Å². The molecule has 180 valence electrons. The predicted octanol–water partition coefficient (Wildman–Crippen LogP) is 4.72. The molecule has 0 fully saturated rings. The molecular formula is C23H16Cl2N8O3. The number of ether oxygens (including phenoxy) is 1. The van der Waals surface area contributed by atoms with E-state index in [2.05, 4.69) is 35.9 Å². The number of aromatic nitrogens is 7. The van der Waals surface area contributed by atoms with Gasteiger partial charge in [0.05, 0.1) is 11.2 Å². The maximum atomic E-state index is 6.15. The maximum absolute atomic E-state index is 6.15. The molecule has 0 unspecified atom stereocenters. The molecule has 3 aromatic heterocycles. The van der Waals surface area contributed by atoms with Gasteiger partial charge in [0.1, 0.15) is 17.2 Å². The number of nitrogens with zero attached hydrogens (tertiary/aromatic N) is 8. The van der Waals surface area contributed by atoms with Crippen LogP contribution in [-0.4, -0.2) is 41.1 Å². The van der Waals surface area contributed by atoms with Crippen molar-refractivity contribution < 1.29 is 14.0 Å². The first-order chi connectivity index (χ1) is 17.6. The molecule has 0 aliphatic carbocycles. The number of hydrogen-bond acceptors (Lipinski definition) is 10. The number of aryl methyl sites for hydroxylation is 1. The fourth-order valence-electron chi connectivity index (χ4n) is 3.07. The Morgan fingerprint density at radius 3 is 2.61 bits per heavy atom. The molecule has 0 saturated carbocycles. The van der Waals surface area contributed by atoms with E-state index in [1.54, 1.807) is 37.4 Å². The van der Waals surface area contributed by atoms with Crippen molar-refractivity contribution in [2.24, 2.45) is 12.2 Å². The van der Waals surface area contributed by atoms with Gasteiger partial charge in [0.25, 0.3) is 11.8 Å². The lowest BCUT2D eigenvalue weighted by Gasteiger charge is -2.07. The van der Waals surface area contributed by atoms with Crippen molar-refractivity contribution in [1.29, 1.82) is 0 Å². The number of hydrogen-bond donors (Lipinski definition) is 0. The lowest BCUT2D eigenvalue weighted by molar-refractivity contribution is 0.111. The zero-order valence-electron chi connectivity index (χ0n) is 18.6. The molecule has 0 aliphatic heterocycles. The smallest absolute Gasteiger partial charge is 0.266 e. The van der Waals surface area contributed by atoms with Crippen molar-refractivity contribution in [3.05, 3.63) is 94.2 Å². The Hall–Kier alpha value is -4.35. The van der Waals surface area contributed by atoms with Gasteiger partial charge in [0.15, 0.2) is 12.3 Å². The topological polar surface area (TPSA) is 126 Å². The van der Waals surface area contributed by atoms with Crippen LogP contribution in [0.1, 0.15) is 17.3 Å². The molecule has 0 amide bonds. The van der Waals surface area contributed by atoms with Crippen molar-refractivity contribution in [3.8, 4) is 23.1 Å². The fraction of sp³-hybridized carbons (Fsp3) is 0.0870. The second-order valence-corrected chi connectivity index (χ2v) is 8.11. The highest BCUT2D eigenvalue weighted by Crippen LogP contribution is 2.31. The minimum Gasteiger partial charge on any atom is -0.454 e. The van der Waals surface area contributed by atoms with Gasteiger partial charge in [-0.15, -0.1) is 15.3 Å². The van der Waals surface area contributed by atoms with Crippen LogP contribution in [0.4, 0.5) is 0 Å². The Bertz CT molecular complexity index is 1500. The lowest BCUT2D eigenvalue weighted by atomic mass is 10.1. The highest BCUT2D eigenvalue weighted by Gasteiger charge is 2.16. The van der Waals surface area contributed by atoms with Gasteiger partial charge in [-0.1, -0.05) is 58.7 Å². The van der Waals surface area contributed by atoms with E-state index in [9.17, 15) is 0 Å². The van der Waals surface area contributed by atoms with Crippen LogP contribution in [0.2, 0.25) is 10.0 Å². The summed E-state index contributed by atoms with van der Waals surface area (Å²) in [4.78, 5) is 9.80. The van der Waals surface area contributed by atoms with Crippen LogP contribution in [0, 0.1) is 0 Å². The van der Waals surface area contributed by atoms with Crippen molar-refractivity contribution in [2.75, 3.05) is 0 Å². The summed E-state index contributed by atoms with van der Waals surface area (Å²) in [6.45, 7) is -0.0646. The fourth-order valence-corrected chi connectivity index (χ4v) is 3.52. The Morgan fingerprint density at radius 1 is 1.03 bits per heavy atom. The third-order valence-corrected chi connectivity index (χ3v) is 5.30. The quantitative estimate of drug-likeness (QED) is 0.210. The average Bonchev–Trinajstić information content (AvgIpc) is 3.54. The van der Waals surface area contributed by atoms with Gasteiger partial charge in [0, 0.05) is 17.6 Å². The molecule has 5 rings (SSSR count). The SMILES string of the molecule is Cn1nnnc1/C(=N\OCc1nnc(-c2ccc(Oc3ccc(Cl)cc3Cl)cn2)o1)c1ccccc1. The van der Waals surface area contributed by atoms with E-state index < -0.39 is 0 Å². The first-order valence-electron chi connectivity index (χ1n) is 10.5. The van der Waals surface area contributed by atoms with Gasteiger partial charge < -0.3 is 14.0 Å². The molecule has 5 aromatic rings. The first-order valence-corrected chi connectivity index (χ1v) is 11.2. The zero-order chi connectivity index (χ0) is 24.9. The summed E-state index contributed by atoms with van der Waals surface area (Å²) in [5, 5.41) is 24.7. The molecule has 36 heavy (non-hydrogen) atoms. The molecule has 0 saturated heterocycles. The van der Waals surface area contributed by atoms with Crippen molar-refractivity contribution in [1.82, 2.24) is 35.4 Å². The number of benzene rings is 2. The monoisotopic (exact) mass is 522 g/mol. The molecule has 11 nitrogen and oxygen atoms in total. The Labute approximate surface area is 214 Å². The summed E-state index contributed by atoms with van der Waals surface area (Å²) in [6, 6.07) is 17.8. The first kappa shape index (κ1) is 23.4. The normalized spacial score (nSPS) is 11.5. The molecular weight excluding hydrogens is 507 g/mol. The minimum atomic E-state index is -0.0646. The van der Waals surface area contributed by atoms with Crippen LogP contribution in [0.15, 0.2) is 76.4 Å². The molecule has 0 spiro atoms. The summed E-state index contributed by atoms with van der Waals surface area (Å²) in [6.07, 6.45) is 1.52. The van der Waals surface area contributed by atoms with E-state index in [0.717, 1.165) is 5.56 Å². The van der Waals surface area contributed by atoms with E-state index in [1.165, 1.54) is 10.9 Å². The van der Waals surface area contributed by atoms with Gasteiger partial charge in [-0.05, 0) is 40.8 Å². The Balaban J connectivity index is 1.26. The number of oxime groups is 1. The maximum Gasteiger partial charge on any atom is 0.266 e. The molecule has 0 atom stereocenters. The van der Waals surface area contributed by atoms with Crippen LogP contribution in [0.3, 0.4) is 0 Å². The van der Waals surface area contributed by atoms with Gasteiger partial charge in [-0.25, -0.2) is 9.67 Å². The van der Waals surface area contributed by atoms with Crippen LogP contribution < -0.4 is 4.74 Å². The molecule has 0 N–H and O–H groups in total. The van der Waals surface area contributed by atoms with Crippen molar-refractivity contribution in [3.63, 3.8) is 0 Å². The lowest BCUT2D eigenvalue weighted by Crippen LogP contribution is -2.12. The molecule has 13 heteroatoms. The summed E-state index contributed by atoms with van der Waals surface area (Å²) >= 11 is 12.1. The highest BCUT2D eigenvalue weighted by atomic mass is 35.5. The second-order valence-electron chi connectivity index (χ2n) is 7.26. The van der Waals surface area contributed by atoms with Gasteiger partial charge in [0.2, 0.25) is 5.82 Å². The van der Waals surface area contributed by atoms with Crippen LogP contribution >= 0.6 is 23.2 Å². The molecule has 0 bridgehead atoms. The van der Waals surface area contributed by atoms with Crippen LogP contribution in [0.25, 0.3) is 11.6 Å². The Kier molecular flexibility index (Phi) is 6.83. The minimum absolute atomic E-state index is 0.0646. The van der Waals surface area contributed by atoms with E-state index in [1.807, 2.05) is 30.3 Å². The third-order valence-electron chi connectivity index (χ3n) is 4.77. The van der Waals surface area contributed by atoms with E-state index in [-0.39, 0.29) is 18.4 Å². The third kappa shape index (κ3) is 5.32. The summed E-state index contributed by atoms with van der Waals surface area (Å²) in [5.74, 6) is 1.81. The predicted molar refractivity (Wildman–Crippen MR) is 130 cm³/mol. The van der Waals surface area contributed by atoms with Crippen LogP contribution in [0.5, 0.6) is 11.5 Å². The van der Waals surface area contributed by atoms with E-state index in [4.69, 9.17) is 37.2 Å².